The van der Waals surface area contributed by atoms with E-state index in [1.54, 1.807) is 0 Å². The summed E-state index contributed by atoms with van der Waals surface area (Å²) in [5.74, 6) is 2.75. The highest BCUT2D eigenvalue weighted by atomic mass is 15.2. The number of hydrogen-bond donors (Lipinski definition) is 1. The molecule has 2 aliphatic rings. The quantitative estimate of drug-likeness (QED) is 0.753. The molecular formula is C13H26N2. The molecule has 3 atom stereocenters. The van der Waals surface area contributed by atoms with Gasteiger partial charge in [0.25, 0.3) is 0 Å². The van der Waals surface area contributed by atoms with Crippen LogP contribution < -0.4 is 5.73 Å². The topological polar surface area (TPSA) is 29.3 Å². The van der Waals surface area contributed by atoms with Gasteiger partial charge in [-0.2, -0.15) is 0 Å². The van der Waals surface area contributed by atoms with Gasteiger partial charge >= 0.3 is 0 Å². The predicted molar refractivity (Wildman–Crippen MR) is 64.7 cm³/mol. The maximum atomic E-state index is 5.75. The average molecular weight is 210 g/mol. The molecule has 2 N–H and O–H groups in total. The summed E-state index contributed by atoms with van der Waals surface area (Å²) in [6.07, 6.45) is 3.93. The van der Waals surface area contributed by atoms with Crippen molar-refractivity contribution in [3.05, 3.63) is 0 Å². The summed E-state index contributed by atoms with van der Waals surface area (Å²) in [6, 6.07) is 0. The van der Waals surface area contributed by atoms with Crippen LogP contribution in [0.2, 0.25) is 0 Å². The third-order valence-electron chi connectivity index (χ3n) is 4.96. The first-order chi connectivity index (χ1) is 7.16. The fourth-order valence-electron chi connectivity index (χ4n) is 3.54. The number of piperidine rings is 1. The third kappa shape index (κ3) is 1.83. The van der Waals surface area contributed by atoms with Gasteiger partial charge in [0.15, 0.2) is 0 Å². The lowest BCUT2D eigenvalue weighted by Gasteiger charge is -2.39. The fourth-order valence-corrected chi connectivity index (χ4v) is 3.54. The molecule has 88 valence electrons. The number of fused-ring (bicyclic) bond motifs is 1. The minimum Gasteiger partial charge on any atom is -0.330 e. The normalized spacial score (nSPS) is 38.8. The summed E-state index contributed by atoms with van der Waals surface area (Å²) in [4.78, 5) is 2.73. The lowest BCUT2D eigenvalue weighted by molar-refractivity contribution is 0.0982. The summed E-state index contributed by atoms with van der Waals surface area (Å²) in [5.41, 5.74) is 6.21. The van der Waals surface area contributed by atoms with Gasteiger partial charge in [0, 0.05) is 18.6 Å². The van der Waals surface area contributed by atoms with Crippen LogP contribution in [0.1, 0.15) is 40.0 Å². The summed E-state index contributed by atoms with van der Waals surface area (Å²) in [5, 5.41) is 0. The number of likely N-dealkylation sites (tertiary alicyclic amines) is 1. The van der Waals surface area contributed by atoms with Crippen LogP contribution in [0.5, 0.6) is 0 Å². The van der Waals surface area contributed by atoms with Crippen molar-refractivity contribution in [3.63, 3.8) is 0 Å². The Kier molecular flexibility index (Phi) is 3.09. The predicted octanol–water partition coefficient (Wildman–Crippen LogP) is 2.09. The standard InChI is InChI=1S/C13H26N2/c1-4-6-13(3,5-2)15-8-11-10(7-14)12(11)9-15/h10-12H,4-9,14H2,1-3H3. The van der Waals surface area contributed by atoms with Gasteiger partial charge in [-0.3, -0.25) is 4.90 Å². The van der Waals surface area contributed by atoms with E-state index in [9.17, 15) is 0 Å². The van der Waals surface area contributed by atoms with Gasteiger partial charge in [-0.25, -0.2) is 0 Å². The Labute approximate surface area is 94.2 Å². The lowest BCUT2D eigenvalue weighted by atomic mass is 9.90. The fraction of sp³-hybridized carbons (Fsp3) is 1.00. The molecule has 0 amide bonds. The number of hydrogen-bond acceptors (Lipinski definition) is 2. The van der Waals surface area contributed by atoms with E-state index in [0.29, 0.717) is 5.54 Å². The molecule has 0 bridgehead atoms. The molecule has 0 aromatic rings. The number of nitrogens with two attached hydrogens (primary N) is 1. The Morgan fingerprint density at radius 2 is 1.87 bits per heavy atom. The Balaban J connectivity index is 1.91. The van der Waals surface area contributed by atoms with Crippen LogP contribution in [0, 0.1) is 17.8 Å². The molecule has 15 heavy (non-hydrogen) atoms. The van der Waals surface area contributed by atoms with Crippen molar-refractivity contribution in [1.29, 1.82) is 0 Å². The monoisotopic (exact) mass is 210 g/mol. The Bertz CT molecular complexity index is 217. The molecule has 0 radical (unpaired) electrons. The molecule has 0 aromatic carbocycles. The van der Waals surface area contributed by atoms with E-state index >= 15 is 0 Å². The van der Waals surface area contributed by atoms with Gasteiger partial charge in [0.05, 0.1) is 0 Å². The highest BCUT2D eigenvalue weighted by Gasteiger charge is 2.56. The molecule has 1 saturated heterocycles. The van der Waals surface area contributed by atoms with Crippen molar-refractivity contribution in [2.75, 3.05) is 19.6 Å². The SMILES string of the molecule is CCCC(C)(CC)N1CC2C(CN)C2C1. The zero-order valence-electron chi connectivity index (χ0n) is 10.5. The summed E-state index contributed by atoms with van der Waals surface area (Å²) in [7, 11) is 0. The first-order valence-electron chi connectivity index (χ1n) is 6.61. The molecule has 1 aliphatic carbocycles. The molecule has 1 saturated carbocycles. The van der Waals surface area contributed by atoms with Crippen LogP contribution in [0.4, 0.5) is 0 Å². The van der Waals surface area contributed by atoms with Gasteiger partial charge in [0.2, 0.25) is 0 Å². The minimum absolute atomic E-state index is 0.460. The summed E-state index contributed by atoms with van der Waals surface area (Å²) in [6.45, 7) is 10.6. The van der Waals surface area contributed by atoms with Crippen LogP contribution in [-0.4, -0.2) is 30.1 Å². The average Bonchev–Trinajstić information content (AvgIpc) is 2.70. The molecule has 2 heteroatoms. The van der Waals surface area contributed by atoms with Gasteiger partial charge in [-0.05, 0) is 44.1 Å². The van der Waals surface area contributed by atoms with Gasteiger partial charge in [0.1, 0.15) is 0 Å². The first kappa shape index (κ1) is 11.4. The molecule has 1 heterocycles. The van der Waals surface area contributed by atoms with E-state index in [2.05, 4.69) is 25.7 Å². The van der Waals surface area contributed by atoms with E-state index in [0.717, 1.165) is 24.3 Å². The van der Waals surface area contributed by atoms with Crippen molar-refractivity contribution >= 4 is 0 Å². The van der Waals surface area contributed by atoms with Crippen molar-refractivity contribution in [2.24, 2.45) is 23.5 Å². The second kappa shape index (κ2) is 4.06. The maximum Gasteiger partial charge on any atom is 0.0178 e. The zero-order chi connectivity index (χ0) is 11.1. The molecule has 2 fully saturated rings. The van der Waals surface area contributed by atoms with E-state index in [-0.39, 0.29) is 0 Å². The smallest absolute Gasteiger partial charge is 0.0178 e. The van der Waals surface area contributed by atoms with E-state index in [1.165, 1.54) is 32.4 Å². The molecule has 0 aromatic heterocycles. The number of nitrogens with zero attached hydrogens (tertiary/aromatic N) is 1. The van der Waals surface area contributed by atoms with Crippen LogP contribution in [0.25, 0.3) is 0 Å². The van der Waals surface area contributed by atoms with Gasteiger partial charge in [-0.15, -0.1) is 0 Å². The van der Waals surface area contributed by atoms with Crippen molar-refractivity contribution in [3.8, 4) is 0 Å². The van der Waals surface area contributed by atoms with Crippen LogP contribution in [0.15, 0.2) is 0 Å². The van der Waals surface area contributed by atoms with Crippen molar-refractivity contribution < 1.29 is 0 Å². The van der Waals surface area contributed by atoms with Crippen LogP contribution >= 0.6 is 0 Å². The lowest BCUT2D eigenvalue weighted by Crippen LogP contribution is -2.46. The van der Waals surface area contributed by atoms with Gasteiger partial charge < -0.3 is 5.73 Å². The highest BCUT2D eigenvalue weighted by molar-refractivity contribution is 5.08. The molecule has 2 nitrogen and oxygen atoms in total. The van der Waals surface area contributed by atoms with E-state index < -0.39 is 0 Å². The van der Waals surface area contributed by atoms with Crippen molar-refractivity contribution in [1.82, 2.24) is 4.90 Å². The highest BCUT2D eigenvalue weighted by Crippen LogP contribution is 2.53. The second-order valence-corrected chi connectivity index (χ2v) is 5.73. The Morgan fingerprint density at radius 1 is 1.27 bits per heavy atom. The van der Waals surface area contributed by atoms with E-state index in [1.807, 2.05) is 0 Å². The second-order valence-electron chi connectivity index (χ2n) is 5.73. The molecule has 3 unspecified atom stereocenters. The van der Waals surface area contributed by atoms with Gasteiger partial charge in [-0.1, -0.05) is 20.3 Å². The summed E-state index contributed by atoms with van der Waals surface area (Å²) < 4.78 is 0. The first-order valence-corrected chi connectivity index (χ1v) is 6.61. The summed E-state index contributed by atoms with van der Waals surface area (Å²) >= 11 is 0. The van der Waals surface area contributed by atoms with Crippen LogP contribution in [-0.2, 0) is 0 Å². The maximum absolute atomic E-state index is 5.75. The number of rotatable bonds is 5. The molecular weight excluding hydrogens is 184 g/mol. The third-order valence-corrected chi connectivity index (χ3v) is 4.96. The molecule has 0 spiro atoms. The minimum atomic E-state index is 0.460. The van der Waals surface area contributed by atoms with Crippen molar-refractivity contribution in [2.45, 2.75) is 45.6 Å². The molecule has 2 rings (SSSR count). The zero-order valence-corrected chi connectivity index (χ0v) is 10.5. The van der Waals surface area contributed by atoms with Crippen LogP contribution in [0.3, 0.4) is 0 Å². The molecule has 1 aliphatic heterocycles. The largest absolute Gasteiger partial charge is 0.330 e. The Hall–Kier alpha value is -0.0800. The Morgan fingerprint density at radius 3 is 2.27 bits per heavy atom. The van der Waals surface area contributed by atoms with E-state index in [4.69, 9.17) is 5.73 Å².